The Kier molecular flexibility index (Phi) is 4.65. The molecular formula is C18H18FNO5. The van der Waals surface area contributed by atoms with Crippen LogP contribution >= 0.6 is 0 Å². The number of halogens is 1. The lowest BCUT2D eigenvalue weighted by Crippen LogP contribution is -2.38. The first-order chi connectivity index (χ1) is 12.1. The number of hydrogen-bond acceptors (Lipinski definition) is 5. The second-order valence-electron chi connectivity index (χ2n) is 5.33. The van der Waals surface area contributed by atoms with E-state index in [4.69, 9.17) is 18.9 Å². The van der Waals surface area contributed by atoms with Crippen LogP contribution in [-0.4, -0.2) is 40.4 Å². The van der Waals surface area contributed by atoms with Gasteiger partial charge in [-0.3, -0.25) is 4.79 Å². The minimum atomic E-state index is -0.438. The van der Waals surface area contributed by atoms with Crippen LogP contribution in [0.25, 0.3) is 0 Å². The Labute approximate surface area is 144 Å². The Morgan fingerprint density at radius 1 is 1.08 bits per heavy atom. The first-order valence-corrected chi connectivity index (χ1v) is 7.63. The molecule has 1 amide bonds. The van der Waals surface area contributed by atoms with E-state index < -0.39 is 5.82 Å². The molecule has 0 fully saturated rings. The summed E-state index contributed by atoms with van der Waals surface area (Å²) < 4.78 is 34.9. The fraction of sp³-hybridized carbons (Fsp3) is 0.278. The monoisotopic (exact) mass is 347 g/mol. The summed E-state index contributed by atoms with van der Waals surface area (Å²) in [4.78, 5) is 14.5. The van der Waals surface area contributed by atoms with Crippen LogP contribution in [0.5, 0.6) is 23.0 Å². The van der Waals surface area contributed by atoms with Crippen molar-refractivity contribution in [3.8, 4) is 23.0 Å². The number of hydrogen-bond donors (Lipinski definition) is 0. The molecular weight excluding hydrogens is 329 g/mol. The van der Waals surface area contributed by atoms with Crippen molar-refractivity contribution < 1.29 is 28.1 Å². The summed E-state index contributed by atoms with van der Waals surface area (Å²) >= 11 is 0. The minimum Gasteiger partial charge on any atom is -0.493 e. The molecule has 132 valence electrons. The van der Waals surface area contributed by atoms with Crippen LogP contribution in [0.1, 0.15) is 10.4 Å². The third kappa shape index (κ3) is 3.05. The van der Waals surface area contributed by atoms with Crippen LogP contribution in [0.15, 0.2) is 30.3 Å². The van der Waals surface area contributed by atoms with Crippen molar-refractivity contribution in [3.63, 3.8) is 0 Å². The number of carbonyl (C=O) groups is 1. The van der Waals surface area contributed by atoms with Gasteiger partial charge in [-0.05, 0) is 24.3 Å². The topological polar surface area (TPSA) is 57.2 Å². The Hall–Kier alpha value is -2.96. The molecule has 0 saturated heterocycles. The fourth-order valence-corrected chi connectivity index (χ4v) is 2.76. The van der Waals surface area contributed by atoms with Gasteiger partial charge in [0.25, 0.3) is 5.91 Å². The van der Waals surface area contributed by atoms with Gasteiger partial charge in [-0.1, -0.05) is 0 Å². The average molecular weight is 347 g/mol. The number of rotatable bonds is 4. The zero-order valence-electron chi connectivity index (χ0n) is 14.2. The highest BCUT2D eigenvalue weighted by atomic mass is 19.1. The number of carbonyl (C=O) groups excluding carboxylic acids is 1. The molecule has 0 N–H and O–H groups in total. The molecule has 0 aliphatic carbocycles. The molecule has 6 nitrogen and oxygen atoms in total. The van der Waals surface area contributed by atoms with Crippen molar-refractivity contribution in [2.24, 2.45) is 0 Å². The van der Waals surface area contributed by atoms with Crippen molar-refractivity contribution in [1.82, 2.24) is 0 Å². The summed E-state index contributed by atoms with van der Waals surface area (Å²) in [6, 6.07) is 7.23. The number of nitrogens with zero attached hydrogens (tertiary/aromatic N) is 1. The Bertz CT molecular complexity index is 783. The summed E-state index contributed by atoms with van der Waals surface area (Å²) in [6.45, 7) is 0.640. The summed E-state index contributed by atoms with van der Waals surface area (Å²) in [5.41, 5.74) is 0.733. The van der Waals surface area contributed by atoms with E-state index in [9.17, 15) is 9.18 Å². The number of amides is 1. The number of anilines is 1. The van der Waals surface area contributed by atoms with E-state index in [0.717, 1.165) is 0 Å². The van der Waals surface area contributed by atoms with Gasteiger partial charge < -0.3 is 23.8 Å². The van der Waals surface area contributed by atoms with Crippen LogP contribution in [0.2, 0.25) is 0 Å². The molecule has 0 saturated carbocycles. The van der Waals surface area contributed by atoms with Gasteiger partial charge in [0.2, 0.25) is 5.75 Å². The Morgan fingerprint density at radius 3 is 2.36 bits per heavy atom. The Morgan fingerprint density at radius 2 is 1.76 bits per heavy atom. The third-order valence-electron chi connectivity index (χ3n) is 3.94. The number of ether oxygens (including phenoxy) is 4. The molecule has 0 radical (unpaired) electrons. The lowest BCUT2D eigenvalue weighted by Gasteiger charge is -2.29. The molecule has 0 aromatic heterocycles. The second kappa shape index (κ2) is 6.88. The second-order valence-corrected chi connectivity index (χ2v) is 5.33. The standard InChI is InChI=1S/C18H18FNO5/c1-22-15-8-11(9-16(23-2)17(15)24-3)18(21)20-6-7-25-14-5-4-12(19)10-13(14)20/h4-5,8-10H,6-7H2,1-3H3. The Balaban J connectivity index is 2.04. The van der Waals surface area contributed by atoms with Crippen molar-refractivity contribution in [2.75, 3.05) is 39.4 Å². The van der Waals surface area contributed by atoms with Gasteiger partial charge in [-0.25, -0.2) is 4.39 Å². The van der Waals surface area contributed by atoms with Crippen molar-refractivity contribution >= 4 is 11.6 Å². The highest BCUT2D eigenvalue weighted by Crippen LogP contribution is 2.39. The number of benzene rings is 2. The van der Waals surface area contributed by atoms with Gasteiger partial charge in [-0.15, -0.1) is 0 Å². The molecule has 1 heterocycles. The predicted octanol–water partition coefficient (Wildman–Crippen LogP) is 2.89. The van der Waals surface area contributed by atoms with E-state index in [2.05, 4.69) is 0 Å². The van der Waals surface area contributed by atoms with Gasteiger partial charge in [0.05, 0.1) is 33.6 Å². The quantitative estimate of drug-likeness (QED) is 0.851. The van der Waals surface area contributed by atoms with E-state index in [1.54, 1.807) is 12.1 Å². The molecule has 0 atom stereocenters. The molecule has 0 bridgehead atoms. The molecule has 25 heavy (non-hydrogen) atoms. The van der Waals surface area contributed by atoms with Crippen LogP contribution < -0.4 is 23.8 Å². The highest BCUT2D eigenvalue weighted by Gasteiger charge is 2.27. The summed E-state index contributed by atoms with van der Waals surface area (Å²) in [6.07, 6.45) is 0. The van der Waals surface area contributed by atoms with Gasteiger partial charge in [0.15, 0.2) is 11.5 Å². The van der Waals surface area contributed by atoms with Crippen LogP contribution in [0.4, 0.5) is 10.1 Å². The molecule has 1 aliphatic heterocycles. The maximum Gasteiger partial charge on any atom is 0.258 e. The van der Waals surface area contributed by atoms with Crippen LogP contribution in [0, 0.1) is 5.82 Å². The molecule has 1 aliphatic rings. The highest BCUT2D eigenvalue weighted by molar-refractivity contribution is 6.07. The number of methoxy groups -OCH3 is 3. The summed E-state index contributed by atoms with van der Waals surface area (Å²) in [5.74, 6) is 0.862. The summed E-state index contributed by atoms with van der Waals surface area (Å²) in [7, 11) is 4.44. The fourth-order valence-electron chi connectivity index (χ4n) is 2.76. The van der Waals surface area contributed by atoms with E-state index in [0.29, 0.717) is 47.4 Å². The van der Waals surface area contributed by atoms with E-state index in [1.807, 2.05) is 0 Å². The van der Waals surface area contributed by atoms with Crippen molar-refractivity contribution in [2.45, 2.75) is 0 Å². The molecule has 2 aromatic carbocycles. The average Bonchev–Trinajstić information content (AvgIpc) is 2.65. The zero-order valence-corrected chi connectivity index (χ0v) is 14.2. The minimum absolute atomic E-state index is 0.311. The lowest BCUT2D eigenvalue weighted by atomic mass is 10.1. The molecule has 2 aromatic rings. The molecule has 7 heteroatoms. The maximum absolute atomic E-state index is 13.6. The smallest absolute Gasteiger partial charge is 0.258 e. The zero-order chi connectivity index (χ0) is 18.0. The van der Waals surface area contributed by atoms with Crippen molar-refractivity contribution in [3.05, 3.63) is 41.7 Å². The maximum atomic E-state index is 13.6. The van der Waals surface area contributed by atoms with Crippen molar-refractivity contribution in [1.29, 1.82) is 0 Å². The van der Waals surface area contributed by atoms with Crippen LogP contribution in [-0.2, 0) is 0 Å². The van der Waals surface area contributed by atoms with Gasteiger partial charge in [-0.2, -0.15) is 0 Å². The van der Waals surface area contributed by atoms with Gasteiger partial charge in [0.1, 0.15) is 18.2 Å². The third-order valence-corrected chi connectivity index (χ3v) is 3.94. The number of fused-ring (bicyclic) bond motifs is 1. The predicted molar refractivity (Wildman–Crippen MR) is 89.7 cm³/mol. The molecule has 0 spiro atoms. The van der Waals surface area contributed by atoms with Gasteiger partial charge >= 0.3 is 0 Å². The lowest BCUT2D eigenvalue weighted by molar-refractivity contribution is 0.0975. The summed E-state index contributed by atoms with van der Waals surface area (Å²) in [5, 5.41) is 0. The molecule has 3 rings (SSSR count). The first kappa shape index (κ1) is 16.9. The van der Waals surface area contributed by atoms with Crippen LogP contribution in [0.3, 0.4) is 0 Å². The van der Waals surface area contributed by atoms with E-state index >= 15 is 0 Å². The first-order valence-electron chi connectivity index (χ1n) is 7.63. The van der Waals surface area contributed by atoms with E-state index in [1.165, 1.54) is 44.4 Å². The van der Waals surface area contributed by atoms with E-state index in [-0.39, 0.29) is 5.91 Å². The molecule has 0 unspecified atom stereocenters. The normalized spacial score (nSPS) is 12.9. The van der Waals surface area contributed by atoms with Gasteiger partial charge in [0, 0.05) is 11.6 Å². The SMILES string of the molecule is COc1cc(C(=O)N2CCOc3ccc(F)cc32)cc(OC)c1OC. The largest absolute Gasteiger partial charge is 0.493 e.